The molecule has 3 aliphatic heterocycles. The van der Waals surface area contributed by atoms with Gasteiger partial charge in [0, 0.05) is 89.6 Å². The molecule has 0 unspecified atom stereocenters. The highest BCUT2D eigenvalue weighted by atomic mass is 16.3. The number of fused-ring (bicyclic) bond motifs is 15. The third kappa shape index (κ3) is 10.2. The normalized spacial score (nSPS) is 25.2. The molecule has 11 nitrogen and oxygen atoms in total. The molecule has 1 amide bonds. The van der Waals surface area contributed by atoms with E-state index >= 15 is 0 Å². The second-order valence-corrected chi connectivity index (χ2v) is 11.7. The molecule has 0 radical (unpaired) electrons. The molecule has 3 fully saturated rings. The molecule has 11 heteroatoms. The second-order valence-electron chi connectivity index (χ2n) is 11.7. The molecular formula is C30H48N8O3. The maximum absolute atomic E-state index is 12.5. The van der Waals surface area contributed by atoms with E-state index in [0.29, 0.717) is 5.56 Å². The van der Waals surface area contributed by atoms with Gasteiger partial charge in [-0.15, -0.1) is 0 Å². The van der Waals surface area contributed by atoms with Crippen LogP contribution in [-0.4, -0.2) is 100 Å². The molecule has 0 aliphatic carbocycles. The van der Waals surface area contributed by atoms with Crippen LogP contribution in [-0.2, 0) is 17.6 Å². The average molecular weight is 569 g/mol. The maximum Gasteiger partial charge on any atom is 0.228 e. The monoisotopic (exact) mass is 568 g/mol. The lowest BCUT2D eigenvalue weighted by Crippen LogP contribution is -2.62. The van der Waals surface area contributed by atoms with E-state index in [1.54, 1.807) is 6.07 Å². The van der Waals surface area contributed by atoms with Crippen molar-refractivity contribution in [1.82, 2.24) is 31.9 Å². The molecule has 3 aliphatic rings. The molecule has 2 aromatic rings. The zero-order valence-electron chi connectivity index (χ0n) is 24.0. The van der Waals surface area contributed by atoms with E-state index in [1.165, 1.54) is 17.7 Å². The molecule has 5 rings (SSSR count). The molecule has 0 spiro atoms. The van der Waals surface area contributed by atoms with Gasteiger partial charge in [0.05, 0.1) is 12.0 Å². The van der Waals surface area contributed by atoms with Crippen LogP contribution in [0.5, 0.6) is 11.5 Å². The Bertz CT molecular complexity index is 1050. The zero-order chi connectivity index (χ0) is 29.0. The smallest absolute Gasteiger partial charge is 0.228 e. The van der Waals surface area contributed by atoms with Crippen molar-refractivity contribution >= 4 is 11.6 Å². The number of aromatic hydroxyl groups is 2. The Balaban J connectivity index is 1.36. The zero-order valence-corrected chi connectivity index (χ0v) is 24.0. The fourth-order valence-electron chi connectivity index (χ4n) is 5.48. The number of amides is 1. The second kappa shape index (κ2) is 15.5. The van der Waals surface area contributed by atoms with Gasteiger partial charge in [-0.1, -0.05) is 18.2 Å². The number of carbonyl (C=O) groups excluding carboxylic acids is 1. The molecule has 3 saturated heterocycles. The average Bonchev–Trinajstić information content (AvgIpc) is 2.95. The molecule has 11 N–H and O–H groups in total. The summed E-state index contributed by atoms with van der Waals surface area (Å²) in [6, 6.07) is 12.5. The first-order chi connectivity index (χ1) is 19.8. The van der Waals surface area contributed by atoms with Crippen molar-refractivity contribution in [2.45, 2.75) is 24.8 Å². The van der Waals surface area contributed by atoms with Gasteiger partial charge in [-0.2, -0.15) is 0 Å². The summed E-state index contributed by atoms with van der Waals surface area (Å²) >= 11 is 0. The van der Waals surface area contributed by atoms with Crippen molar-refractivity contribution in [2.75, 3.05) is 83.9 Å². The topological polar surface area (TPSA) is 168 Å². The highest BCUT2D eigenvalue weighted by Gasteiger charge is 2.30. The SMILES string of the molecule is NC12CNCCNCC(CCc3ccc(NC(=O)Cc4ccc(O)c(O)c4)cc3)(CNCCNC1)CNCCNC2. The first-order valence-electron chi connectivity index (χ1n) is 14.8. The predicted molar refractivity (Wildman–Crippen MR) is 163 cm³/mol. The van der Waals surface area contributed by atoms with Crippen LogP contribution in [0.1, 0.15) is 17.5 Å². The minimum atomic E-state index is -0.326. The molecule has 226 valence electrons. The quantitative estimate of drug-likeness (QED) is 0.204. The van der Waals surface area contributed by atoms with Crippen molar-refractivity contribution in [3.05, 3.63) is 53.6 Å². The standard InChI is InChI=1S/C30H48N8O3/c31-30-20-35-12-9-32-17-29(18-33-10-13-36-21-30,19-34-11-14-37-22-30)8-7-23-1-4-25(5-2-23)38-28(41)16-24-3-6-26(39)27(40)15-24/h1-6,15,32-37,39-40H,7-14,16-22,31H2,(H,38,41). The van der Waals surface area contributed by atoms with E-state index in [9.17, 15) is 15.0 Å². The van der Waals surface area contributed by atoms with Crippen LogP contribution in [0.2, 0.25) is 0 Å². The minimum Gasteiger partial charge on any atom is -0.504 e. The summed E-state index contributed by atoms with van der Waals surface area (Å²) in [7, 11) is 0. The molecule has 2 aromatic carbocycles. The van der Waals surface area contributed by atoms with Gasteiger partial charge in [0.15, 0.2) is 11.5 Å². The number of aryl methyl sites for hydroxylation is 1. The van der Waals surface area contributed by atoms with Crippen LogP contribution in [0.15, 0.2) is 42.5 Å². The Labute approximate surface area is 243 Å². The fraction of sp³-hybridized carbons (Fsp3) is 0.567. The summed E-state index contributed by atoms with van der Waals surface area (Å²) in [5.74, 6) is -0.609. The lowest BCUT2D eigenvalue weighted by Gasteiger charge is -2.37. The summed E-state index contributed by atoms with van der Waals surface area (Å²) in [5, 5.41) is 43.8. The van der Waals surface area contributed by atoms with Crippen LogP contribution >= 0.6 is 0 Å². The number of anilines is 1. The molecule has 3 heterocycles. The van der Waals surface area contributed by atoms with E-state index in [0.717, 1.165) is 97.1 Å². The Morgan fingerprint density at radius 1 is 0.707 bits per heavy atom. The number of nitrogens with one attached hydrogen (secondary N) is 7. The van der Waals surface area contributed by atoms with Crippen LogP contribution in [0.3, 0.4) is 0 Å². The Kier molecular flexibility index (Phi) is 11.8. The fourth-order valence-corrected chi connectivity index (χ4v) is 5.48. The van der Waals surface area contributed by atoms with Crippen molar-refractivity contribution < 1.29 is 15.0 Å². The van der Waals surface area contributed by atoms with Crippen LogP contribution in [0.4, 0.5) is 5.69 Å². The van der Waals surface area contributed by atoms with Crippen molar-refractivity contribution in [3.8, 4) is 11.5 Å². The van der Waals surface area contributed by atoms with Crippen molar-refractivity contribution in [1.29, 1.82) is 0 Å². The third-order valence-electron chi connectivity index (χ3n) is 7.95. The van der Waals surface area contributed by atoms with E-state index in [-0.39, 0.29) is 34.8 Å². The maximum atomic E-state index is 12.5. The van der Waals surface area contributed by atoms with Gasteiger partial charge >= 0.3 is 0 Å². The van der Waals surface area contributed by atoms with Gasteiger partial charge in [0.1, 0.15) is 0 Å². The van der Waals surface area contributed by atoms with Gasteiger partial charge in [0.2, 0.25) is 5.91 Å². The largest absolute Gasteiger partial charge is 0.504 e. The molecule has 2 bridgehead atoms. The first-order valence-corrected chi connectivity index (χ1v) is 14.8. The lowest BCUT2D eigenvalue weighted by molar-refractivity contribution is -0.115. The Morgan fingerprint density at radius 2 is 1.20 bits per heavy atom. The van der Waals surface area contributed by atoms with E-state index in [1.807, 2.05) is 12.1 Å². The Hall–Kier alpha value is -2.77. The lowest BCUT2D eigenvalue weighted by atomic mass is 9.81. The summed E-state index contributed by atoms with van der Waals surface area (Å²) in [6.07, 6.45) is 2.05. The predicted octanol–water partition coefficient (Wildman–Crippen LogP) is -0.540. The van der Waals surface area contributed by atoms with Crippen molar-refractivity contribution in [3.63, 3.8) is 0 Å². The van der Waals surface area contributed by atoms with Gasteiger partial charge in [-0.25, -0.2) is 0 Å². The molecular weight excluding hydrogens is 520 g/mol. The third-order valence-corrected chi connectivity index (χ3v) is 7.95. The minimum absolute atomic E-state index is 0.0361. The highest BCUT2D eigenvalue weighted by molar-refractivity contribution is 5.92. The van der Waals surface area contributed by atoms with Crippen LogP contribution in [0.25, 0.3) is 0 Å². The van der Waals surface area contributed by atoms with Crippen LogP contribution in [0, 0.1) is 5.41 Å². The van der Waals surface area contributed by atoms with Gasteiger partial charge < -0.3 is 53.2 Å². The van der Waals surface area contributed by atoms with E-state index in [2.05, 4.69) is 49.4 Å². The molecule has 0 atom stereocenters. The number of phenolic OH excluding ortho intramolecular Hbond substituents is 2. The highest BCUT2D eigenvalue weighted by Crippen LogP contribution is 2.26. The molecule has 41 heavy (non-hydrogen) atoms. The van der Waals surface area contributed by atoms with Crippen molar-refractivity contribution in [2.24, 2.45) is 11.1 Å². The number of benzene rings is 2. The van der Waals surface area contributed by atoms with Gasteiger partial charge in [0.25, 0.3) is 0 Å². The summed E-state index contributed by atoms with van der Waals surface area (Å²) < 4.78 is 0. The number of hydrogen-bond donors (Lipinski definition) is 10. The van der Waals surface area contributed by atoms with E-state index in [4.69, 9.17) is 5.73 Å². The number of rotatable bonds is 6. The van der Waals surface area contributed by atoms with E-state index < -0.39 is 0 Å². The van der Waals surface area contributed by atoms with Crippen LogP contribution < -0.4 is 43.0 Å². The first kappa shape index (κ1) is 31.2. The summed E-state index contributed by atoms with van der Waals surface area (Å²) in [5.41, 5.74) is 9.00. The number of carbonyl (C=O) groups is 1. The number of hydrogen-bond acceptors (Lipinski definition) is 10. The summed E-state index contributed by atoms with van der Waals surface area (Å²) in [6.45, 7) is 10.3. The Morgan fingerprint density at radius 3 is 1.71 bits per heavy atom. The molecule has 0 saturated carbocycles. The van der Waals surface area contributed by atoms with Gasteiger partial charge in [-0.3, -0.25) is 4.79 Å². The molecule has 0 aromatic heterocycles. The number of phenols is 2. The summed E-state index contributed by atoms with van der Waals surface area (Å²) in [4.78, 5) is 12.5. The van der Waals surface area contributed by atoms with Gasteiger partial charge in [-0.05, 0) is 48.2 Å². The number of nitrogens with two attached hydrogens (primary N) is 1.